The highest BCUT2D eigenvalue weighted by Crippen LogP contribution is 2.18. The SMILES string of the molecule is CC1CCN(C(C)CNC(=O)c2ccccc2Cl)CC1. The minimum absolute atomic E-state index is 0.0900. The summed E-state index contributed by atoms with van der Waals surface area (Å²) in [4.78, 5) is 14.5. The van der Waals surface area contributed by atoms with Crippen molar-refractivity contribution in [2.45, 2.75) is 32.7 Å². The fourth-order valence-electron chi connectivity index (χ4n) is 2.58. The molecule has 1 aliphatic heterocycles. The van der Waals surface area contributed by atoms with Gasteiger partial charge in [-0.1, -0.05) is 30.7 Å². The molecule has 0 radical (unpaired) electrons. The van der Waals surface area contributed by atoms with Crippen molar-refractivity contribution in [1.29, 1.82) is 0 Å². The summed E-state index contributed by atoms with van der Waals surface area (Å²) in [6.45, 7) is 7.40. The summed E-state index contributed by atoms with van der Waals surface area (Å²) in [5.74, 6) is 0.740. The number of nitrogens with one attached hydrogen (secondary N) is 1. The molecule has 1 aliphatic rings. The van der Waals surface area contributed by atoms with Crippen molar-refractivity contribution in [3.05, 3.63) is 34.9 Å². The fraction of sp³-hybridized carbons (Fsp3) is 0.562. The monoisotopic (exact) mass is 294 g/mol. The molecule has 1 saturated heterocycles. The molecule has 1 N–H and O–H groups in total. The van der Waals surface area contributed by atoms with E-state index in [1.807, 2.05) is 12.1 Å². The Morgan fingerprint density at radius 1 is 1.40 bits per heavy atom. The number of piperidine rings is 1. The van der Waals surface area contributed by atoms with E-state index in [2.05, 4.69) is 24.1 Å². The summed E-state index contributed by atoms with van der Waals surface area (Å²) in [5, 5.41) is 3.49. The Hall–Kier alpha value is -1.06. The molecule has 2 rings (SSSR count). The first-order valence-electron chi connectivity index (χ1n) is 7.34. The highest BCUT2D eigenvalue weighted by atomic mass is 35.5. The highest BCUT2D eigenvalue weighted by molar-refractivity contribution is 6.33. The third kappa shape index (κ3) is 3.97. The molecule has 0 aromatic heterocycles. The van der Waals surface area contributed by atoms with Crippen molar-refractivity contribution in [3.63, 3.8) is 0 Å². The summed E-state index contributed by atoms with van der Waals surface area (Å²) in [5.41, 5.74) is 0.550. The van der Waals surface area contributed by atoms with Crippen LogP contribution < -0.4 is 5.32 Å². The van der Waals surface area contributed by atoms with Gasteiger partial charge in [0.1, 0.15) is 0 Å². The summed E-state index contributed by atoms with van der Waals surface area (Å²) in [7, 11) is 0. The second kappa shape index (κ2) is 7.09. The number of halogens is 1. The molecule has 1 aromatic rings. The minimum Gasteiger partial charge on any atom is -0.350 e. The van der Waals surface area contributed by atoms with Crippen LogP contribution in [0.15, 0.2) is 24.3 Å². The van der Waals surface area contributed by atoms with Gasteiger partial charge in [-0.05, 0) is 50.9 Å². The Morgan fingerprint density at radius 2 is 2.05 bits per heavy atom. The standard InChI is InChI=1S/C16H23ClN2O/c1-12-7-9-19(10-8-12)13(2)11-18-16(20)14-5-3-4-6-15(14)17/h3-6,12-13H,7-11H2,1-2H3,(H,18,20). The molecule has 1 heterocycles. The van der Waals surface area contributed by atoms with Gasteiger partial charge >= 0.3 is 0 Å². The van der Waals surface area contributed by atoms with Crippen LogP contribution in [0.25, 0.3) is 0 Å². The van der Waals surface area contributed by atoms with Crippen LogP contribution in [0.3, 0.4) is 0 Å². The van der Waals surface area contributed by atoms with Crippen molar-refractivity contribution in [2.24, 2.45) is 5.92 Å². The lowest BCUT2D eigenvalue weighted by Gasteiger charge is -2.35. The van der Waals surface area contributed by atoms with Crippen molar-refractivity contribution in [1.82, 2.24) is 10.2 Å². The largest absolute Gasteiger partial charge is 0.350 e. The Labute approximate surface area is 126 Å². The molecule has 20 heavy (non-hydrogen) atoms. The maximum absolute atomic E-state index is 12.1. The van der Waals surface area contributed by atoms with Gasteiger partial charge in [-0.15, -0.1) is 0 Å². The van der Waals surface area contributed by atoms with E-state index in [4.69, 9.17) is 11.6 Å². The van der Waals surface area contributed by atoms with Gasteiger partial charge in [0, 0.05) is 12.6 Å². The predicted octanol–water partition coefficient (Wildman–Crippen LogP) is 3.19. The normalized spacial score (nSPS) is 18.8. The van der Waals surface area contributed by atoms with E-state index < -0.39 is 0 Å². The van der Waals surface area contributed by atoms with Gasteiger partial charge in [-0.25, -0.2) is 0 Å². The molecular formula is C16H23ClN2O. The third-order valence-corrected chi connectivity index (χ3v) is 4.45. The molecule has 0 bridgehead atoms. The molecule has 0 aliphatic carbocycles. The van der Waals surface area contributed by atoms with E-state index in [0.717, 1.165) is 19.0 Å². The van der Waals surface area contributed by atoms with Crippen molar-refractivity contribution >= 4 is 17.5 Å². The summed E-state index contributed by atoms with van der Waals surface area (Å²) >= 11 is 6.03. The first-order chi connectivity index (χ1) is 9.58. The van der Waals surface area contributed by atoms with Crippen LogP contribution in [-0.4, -0.2) is 36.5 Å². The Kier molecular flexibility index (Phi) is 5.44. The molecule has 110 valence electrons. The Morgan fingerprint density at radius 3 is 2.70 bits per heavy atom. The van der Waals surface area contributed by atoms with E-state index in [1.165, 1.54) is 12.8 Å². The summed E-state index contributed by atoms with van der Waals surface area (Å²) < 4.78 is 0. The van der Waals surface area contributed by atoms with Crippen LogP contribution >= 0.6 is 11.6 Å². The van der Waals surface area contributed by atoms with Gasteiger partial charge < -0.3 is 5.32 Å². The van der Waals surface area contributed by atoms with Crippen LogP contribution in [0.4, 0.5) is 0 Å². The molecule has 1 amide bonds. The third-order valence-electron chi connectivity index (χ3n) is 4.12. The number of nitrogens with zero attached hydrogens (tertiary/aromatic N) is 1. The van der Waals surface area contributed by atoms with Crippen molar-refractivity contribution < 1.29 is 4.79 Å². The number of likely N-dealkylation sites (tertiary alicyclic amines) is 1. The smallest absolute Gasteiger partial charge is 0.252 e. The number of benzene rings is 1. The lowest BCUT2D eigenvalue weighted by Crippen LogP contribution is -2.45. The van der Waals surface area contributed by atoms with Crippen LogP contribution in [-0.2, 0) is 0 Å². The lowest BCUT2D eigenvalue weighted by atomic mass is 9.98. The van der Waals surface area contributed by atoms with Gasteiger partial charge in [0.05, 0.1) is 10.6 Å². The van der Waals surface area contributed by atoms with E-state index in [0.29, 0.717) is 23.2 Å². The van der Waals surface area contributed by atoms with Crippen LogP contribution in [0.2, 0.25) is 5.02 Å². The van der Waals surface area contributed by atoms with E-state index in [-0.39, 0.29) is 5.91 Å². The second-order valence-electron chi connectivity index (χ2n) is 5.76. The van der Waals surface area contributed by atoms with Crippen molar-refractivity contribution in [2.75, 3.05) is 19.6 Å². The molecule has 1 aromatic carbocycles. The molecule has 1 atom stereocenters. The number of hydrogen-bond donors (Lipinski definition) is 1. The number of carbonyl (C=O) groups is 1. The van der Waals surface area contributed by atoms with Gasteiger partial charge in [-0.3, -0.25) is 9.69 Å². The maximum Gasteiger partial charge on any atom is 0.252 e. The first-order valence-corrected chi connectivity index (χ1v) is 7.72. The quantitative estimate of drug-likeness (QED) is 0.925. The maximum atomic E-state index is 12.1. The first kappa shape index (κ1) is 15.3. The molecule has 0 spiro atoms. The minimum atomic E-state index is -0.0900. The van der Waals surface area contributed by atoms with Gasteiger partial charge in [-0.2, -0.15) is 0 Å². The zero-order chi connectivity index (χ0) is 14.5. The summed E-state index contributed by atoms with van der Waals surface area (Å²) in [6.07, 6.45) is 2.51. The predicted molar refractivity (Wildman–Crippen MR) is 83.2 cm³/mol. The Balaban J connectivity index is 1.83. The zero-order valence-electron chi connectivity index (χ0n) is 12.2. The lowest BCUT2D eigenvalue weighted by molar-refractivity contribution is 0.0922. The number of amides is 1. The molecule has 4 heteroatoms. The number of carbonyl (C=O) groups excluding carboxylic acids is 1. The molecule has 1 unspecified atom stereocenters. The van der Waals surface area contributed by atoms with E-state index >= 15 is 0 Å². The van der Waals surface area contributed by atoms with Gasteiger partial charge in [0.25, 0.3) is 5.91 Å². The van der Waals surface area contributed by atoms with Gasteiger partial charge in [0.2, 0.25) is 0 Å². The molecule has 1 fully saturated rings. The summed E-state index contributed by atoms with van der Waals surface area (Å²) in [6, 6.07) is 7.53. The highest BCUT2D eigenvalue weighted by Gasteiger charge is 2.20. The molecular weight excluding hydrogens is 272 g/mol. The second-order valence-corrected chi connectivity index (χ2v) is 6.16. The average Bonchev–Trinajstić information content (AvgIpc) is 2.45. The van der Waals surface area contributed by atoms with Crippen molar-refractivity contribution in [3.8, 4) is 0 Å². The van der Waals surface area contributed by atoms with Gasteiger partial charge in [0.15, 0.2) is 0 Å². The van der Waals surface area contributed by atoms with E-state index in [1.54, 1.807) is 12.1 Å². The van der Waals surface area contributed by atoms with Crippen LogP contribution in [0, 0.1) is 5.92 Å². The van der Waals surface area contributed by atoms with Crippen LogP contribution in [0.1, 0.15) is 37.0 Å². The topological polar surface area (TPSA) is 32.3 Å². The van der Waals surface area contributed by atoms with E-state index in [9.17, 15) is 4.79 Å². The Bertz CT molecular complexity index is 456. The van der Waals surface area contributed by atoms with Crippen LogP contribution in [0.5, 0.6) is 0 Å². The zero-order valence-corrected chi connectivity index (χ0v) is 13.0. The average molecular weight is 295 g/mol. The molecule has 0 saturated carbocycles. The fourth-order valence-corrected chi connectivity index (χ4v) is 2.80. The number of rotatable bonds is 4. The molecule has 3 nitrogen and oxygen atoms in total. The number of hydrogen-bond acceptors (Lipinski definition) is 2.